The summed E-state index contributed by atoms with van der Waals surface area (Å²) in [5.74, 6) is 2.21. The second-order valence-corrected chi connectivity index (χ2v) is 7.47. The Bertz CT molecular complexity index is 400. The van der Waals surface area contributed by atoms with Gasteiger partial charge in [-0.3, -0.25) is 4.21 Å². The quantitative estimate of drug-likeness (QED) is 0.753. The van der Waals surface area contributed by atoms with Crippen LogP contribution >= 0.6 is 0 Å². The third-order valence-corrected chi connectivity index (χ3v) is 4.90. The molecule has 0 heterocycles. The summed E-state index contributed by atoms with van der Waals surface area (Å²) in [7, 11) is 1.22. The molecule has 2 atom stereocenters. The van der Waals surface area contributed by atoms with Gasteiger partial charge in [-0.15, -0.1) is 0 Å². The van der Waals surface area contributed by atoms with Crippen LogP contribution in [0, 0.1) is 5.92 Å². The summed E-state index contributed by atoms with van der Waals surface area (Å²) in [6, 6.07) is 8.95. The van der Waals surface area contributed by atoms with Gasteiger partial charge in [0.2, 0.25) is 0 Å². The van der Waals surface area contributed by atoms with Gasteiger partial charge in [0, 0.05) is 28.3 Å². The largest absolute Gasteiger partial charge is 0.312 e. The molecular formula is C17H29NOS. The highest BCUT2D eigenvalue weighted by atomic mass is 32.2. The molecule has 1 N–H and O–H groups in total. The van der Waals surface area contributed by atoms with Gasteiger partial charge in [-0.2, -0.15) is 0 Å². The molecule has 20 heavy (non-hydrogen) atoms. The van der Waals surface area contributed by atoms with Crippen molar-refractivity contribution in [3.63, 3.8) is 0 Å². The molecule has 0 radical (unpaired) electrons. The number of rotatable bonds is 9. The number of unbranched alkanes of at least 4 members (excludes halogenated alkanes) is 1. The van der Waals surface area contributed by atoms with Crippen molar-refractivity contribution in [1.29, 1.82) is 0 Å². The van der Waals surface area contributed by atoms with E-state index < -0.39 is 10.8 Å². The maximum Gasteiger partial charge on any atom is 0.0434 e. The summed E-state index contributed by atoms with van der Waals surface area (Å²) >= 11 is 0. The zero-order chi connectivity index (χ0) is 15.0. The van der Waals surface area contributed by atoms with Gasteiger partial charge in [0.05, 0.1) is 0 Å². The summed E-state index contributed by atoms with van der Waals surface area (Å²) in [6.07, 6.45) is 3.28. The topological polar surface area (TPSA) is 29.1 Å². The first-order chi connectivity index (χ1) is 9.56. The molecule has 2 nitrogen and oxygen atoms in total. The van der Waals surface area contributed by atoms with Crippen LogP contribution in [0.5, 0.6) is 0 Å². The lowest BCUT2D eigenvalue weighted by Crippen LogP contribution is -2.23. The van der Waals surface area contributed by atoms with E-state index in [9.17, 15) is 4.21 Å². The Hall–Kier alpha value is -0.670. The lowest BCUT2D eigenvalue weighted by molar-refractivity contribution is 0.631. The van der Waals surface area contributed by atoms with E-state index in [1.807, 2.05) is 7.05 Å². The third kappa shape index (κ3) is 6.19. The molecule has 0 aliphatic heterocycles. The first-order valence-electron chi connectivity index (χ1n) is 7.67. The Balaban J connectivity index is 2.62. The standard InChI is InChI=1S/C17H29NOS/c1-5-6-11-20(19)13-17(18-4)16-9-7-15(8-10-16)12-14(2)3/h7-10,14,17-18H,5-6,11-13H2,1-4H3. The van der Waals surface area contributed by atoms with Gasteiger partial charge in [-0.05, 0) is 36.9 Å². The van der Waals surface area contributed by atoms with Crippen LogP contribution in [0.25, 0.3) is 0 Å². The van der Waals surface area contributed by atoms with Crippen molar-refractivity contribution in [1.82, 2.24) is 5.32 Å². The molecule has 0 saturated heterocycles. The highest BCUT2D eigenvalue weighted by molar-refractivity contribution is 7.85. The monoisotopic (exact) mass is 295 g/mol. The molecule has 1 aromatic carbocycles. The molecule has 0 bridgehead atoms. The number of hydrogen-bond donors (Lipinski definition) is 1. The lowest BCUT2D eigenvalue weighted by atomic mass is 10.00. The van der Waals surface area contributed by atoms with Crippen LogP contribution in [0.15, 0.2) is 24.3 Å². The molecule has 114 valence electrons. The van der Waals surface area contributed by atoms with E-state index in [-0.39, 0.29) is 6.04 Å². The molecule has 1 rings (SSSR count). The maximum absolute atomic E-state index is 12.0. The average molecular weight is 295 g/mol. The average Bonchev–Trinajstić information content (AvgIpc) is 2.43. The van der Waals surface area contributed by atoms with E-state index in [0.717, 1.165) is 25.0 Å². The summed E-state index contributed by atoms with van der Waals surface area (Å²) in [5, 5.41) is 3.29. The minimum absolute atomic E-state index is 0.195. The predicted molar refractivity (Wildman–Crippen MR) is 89.6 cm³/mol. The number of benzene rings is 1. The molecule has 0 aliphatic carbocycles. The smallest absolute Gasteiger partial charge is 0.0434 e. The zero-order valence-electron chi connectivity index (χ0n) is 13.3. The highest BCUT2D eigenvalue weighted by Crippen LogP contribution is 2.17. The van der Waals surface area contributed by atoms with Crippen molar-refractivity contribution < 1.29 is 4.21 Å². The van der Waals surface area contributed by atoms with Crippen molar-refractivity contribution in [2.75, 3.05) is 18.6 Å². The fourth-order valence-corrected chi connectivity index (χ4v) is 3.79. The van der Waals surface area contributed by atoms with Crippen molar-refractivity contribution in [2.24, 2.45) is 5.92 Å². The SMILES string of the molecule is CCCCS(=O)CC(NC)c1ccc(CC(C)C)cc1. The Morgan fingerprint density at radius 1 is 1.20 bits per heavy atom. The first-order valence-corrected chi connectivity index (χ1v) is 9.16. The fraction of sp³-hybridized carbons (Fsp3) is 0.647. The molecule has 0 spiro atoms. The van der Waals surface area contributed by atoms with Gasteiger partial charge in [0.1, 0.15) is 0 Å². The van der Waals surface area contributed by atoms with E-state index in [2.05, 4.69) is 50.4 Å². The maximum atomic E-state index is 12.0. The summed E-state index contributed by atoms with van der Waals surface area (Å²) in [6.45, 7) is 6.61. The van der Waals surface area contributed by atoms with Gasteiger partial charge < -0.3 is 5.32 Å². The van der Waals surface area contributed by atoms with Gasteiger partial charge in [0.15, 0.2) is 0 Å². The molecule has 2 unspecified atom stereocenters. The third-order valence-electron chi connectivity index (χ3n) is 3.45. The Kier molecular flexibility index (Phi) is 8.08. The van der Waals surface area contributed by atoms with Crippen LogP contribution in [0.4, 0.5) is 0 Å². The van der Waals surface area contributed by atoms with Crippen molar-refractivity contribution in [3.05, 3.63) is 35.4 Å². The Morgan fingerprint density at radius 3 is 2.35 bits per heavy atom. The highest BCUT2D eigenvalue weighted by Gasteiger charge is 2.13. The van der Waals surface area contributed by atoms with Crippen LogP contribution in [0.3, 0.4) is 0 Å². The molecule has 0 fully saturated rings. The van der Waals surface area contributed by atoms with E-state index in [4.69, 9.17) is 0 Å². The van der Waals surface area contributed by atoms with Gasteiger partial charge in [-0.1, -0.05) is 51.5 Å². The van der Waals surface area contributed by atoms with E-state index >= 15 is 0 Å². The van der Waals surface area contributed by atoms with Crippen LogP contribution in [-0.4, -0.2) is 22.8 Å². The molecule has 0 aliphatic rings. The summed E-state index contributed by atoms with van der Waals surface area (Å²) in [5.41, 5.74) is 2.62. The van der Waals surface area contributed by atoms with E-state index in [0.29, 0.717) is 11.7 Å². The molecule has 1 aromatic rings. The van der Waals surface area contributed by atoms with Crippen molar-refractivity contribution in [2.45, 2.75) is 46.1 Å². The fourth-order valence-electron chi connectivity index (χ4n) is 2.28. The number of nitrogens with one attached hydrogen (secondary N) is 1. The van der Waals surface area contributed by atoms with Crippen LogP contribution < -0.4 is 5.32 Å². The predicted octanol–water partition coefficient (Wildman–Crippen LogP) is 3.69. The molecule has 0 amide bonds. The minimum atomic E-state index is -0.727. The number of hydrogen-bond acceptors (Lipinski definition) is 2. The minimum Gasteiger partial charge on any atom is -0.312 e. The van der Waals surface area contributed by atoms with Crippen molar-refractivity contribution in [3.8, 4) is 0 Å². The second-order valence-electron chi connectivity index (χ2n) is 5.84. The Labute approximate surface area is 126 Å². The molecule has 0 saturated carbocycles. The lowest BCUT2D eigenvalue weighted by Gasteiger charge is -2.17. The van der Waals surface area contributed by atoms with E-state index in [1.54, 1.807) is 0 Å². The van der Waals surface area contributed by atoms with Crippen LogP contribution in [0.1, 0.15) is 50.8 Å². The molecule has 0 aromatic heterocycles. The van der Waals surface area contributed by atoms with Crippen LogP contribution in [0.2, 0.25) is 0 Å². The second kappa shape index (κ2) is 9.30. The van der Waals surface area contributed by atoms with Gasteiger partial charge in [0.25, 0.3) is 0 Å². The molecule has 3 heteroatoms. The van der Waals surface area contributed by atoms with Crippen LogP contribution in [-0.2, 0) is 17.2 Å². The summed E-state index contributed by atoms with van der Waals surface area (Å²) < 4.78 is 12.0. The van der Waals surface area contributed by atoms with Gasteiger partial charge >= 0.3 is 0 Å². The zero-order valence-corrected chi connectivity index (χ0v) is 14.1. The first kappa shape index (κ1) is 17.4. The summed E-state index contributed by atoms with van der Waals surface area (Å²) in [4.78, 5) is 0. The normalized spacial score (nSPS) is 14.4. The van der Waals surface area contributed by atoms with Crippen molar-refractivity contribution >= 4 is 10.8 Å². The van der Waals surface area contributed by atoms with Gasteiger partial charge in [-0.25, -0.2) is 0 Å². The Morgan fingerprint density at radius 2 is 1.85 bits per heavy atom. The van der Waals surface area contributed by atoms with E-state index in [1.165, 1.54) is 11.1 Å². The molecular weight excluding hydrogens is 266 g/mol.